The van der Waals surface area contributed by atoms with Crippen LogP contribution in [-0.4, -0.2) is 40.8 Å². The summed E-state index contributed by atoms with van der Waals surface area (Å²) in [4.78, 5) is 14.0. The average molecular weight is 383 g/mol. The zero-order valence-corrected chi connectivity index (χ0v) is 16.9. The average Bonchev–Trinajstić information content (AvgIpc) is 2.68. The molecule has 1 aliphatic heterocycles. The minimum atomic E-state index is -0.674. The minimum Gasteiger partial charge on any atom is -0.444 e. The van der Waals surface area contributed by atoms with Crippen LogP contribution in [-0.2, 0) is 4.74 Å². The van der Waals surface area contributed by atoms with Gasteiger partial charge in [-0.15, -0.1) is 0 Å². The number of nitrogens with one attached hydrogen (secondary N) is 1. The Morgan fingerprint density at radius 3 is 2.32 bits per heavy atom. The molecule has 5 nitrogen and oxygen atoms in total. The zero-order valence-electron chi connectivity index (χ0n) is 16.9. The number of carbonyl (C=O) groups is 1. The van der Waals surface area contributed by atoms with Crippen LogP contribution < -0.4 is 5.32 Å². The number of hydrogen-bond donors (Lipinski definition) is 2. The van der Waals surface area contributed by atoms with E-state index in [9.17, 15) is 9.90 Å². The molecule has 28 heavy (non-hydrogen) atoms. The van der Waals surface area contributed by atoms with E-state index in [2.05, 4.69) is 5.32 Å². The van der Waals surface area contributed by atoms with Crippen molar-refractivity contribution in [2.45, 2.75) is 51.4 Å². The molecule has 1 atom stereocenters. The Morgan fingerprint density at radius 2 is 1.68 bits per heavy atom. The van der Waals surface area contributed by atoms with Crippen molar-refractivity contribution >= 4 is 11.8 Å². The molecule has 0 aromatic heterocycles. The molecule has 0 aliphatic carbocycles. The Bertz CT molecular complexity index is 778. The smallest absolute Gasteiger partial charge is 0.410 e. The van der Waals surface area contributed by atoms with Gasteiger partial charge >= 0.3 is 6.09 Å². The Labute approximate surface area is 167 Å². The highest BCUT2D eigenvalue weighted by molar-refractivity contribution is 5.68. The molecule has 2 aromatic carbocycles. The molecule has 0 spiro atoms. The molecule has 5 heteroatoms. The van der Waals surface area contributed by atoms with Crippen molar-refractivity contribution in [1.82, 2.24) is 4.90 Å². The molecule has 0 bridgehead atoms. The summed E-state index contributed by atoms with van der Waals surface area (Å²) >= 11 is 0. The lowest BCUT2D eigenvalue weighted by molar-refractivity contribution is 0.0210. The first-order valence-corrected chi connectivity index (χ1v) is 9.90. The van der Waals surface area contributed by atoms with Crippen LogP contribution in [0.4, 0.5) is 10.5 Å². The molecule has 1 fully saturated rings. The summed E-state index contributed by atoms with van der Waals surface area (Å²) in [5, 5.41) is 14.4. The summed E-state index contributed by atoms with van der Waals surface area (Å²) in [6.45, 7) is 6.97. The largest absolute Gasteiger partial charge is 0.444 e. The summed E-state index contributed by atoms with van der Waals surface area (Å²) in [6, 6.07) is 17.8. The number of nitrogens with zero attached hydrogens (tertiary/aromatic N) is 1. The van der Waals surface area contributed by atoms with Crippen LogP contribution in [0.2, 0.25) is 0 Å². The number of carbonyl (C=O) groups excluding carboxylic acids is 1. The number of para-hydroxylation sites is 1. The van der Waals surface area contributed by atoms with Crippen LogP contribution in [0.3, 0.4) is 0 Å². The number of hydrogen-bond acceptors (Lipinski definition) is 4. The molecule has 150 valence electrons. The molecule has 2 N–H and O–H groups in total. The van der Waals surface area contributed by atoms with Crippen molar-refractivity contribution in [3.8, 4) is 0 Å². The lowest BCUT2D eigenvalue weighted by Crippen LogP contribution is -2.44. The highest BCUT2D eigenvalue weighted by atomic mass is 16.6. The predicted molar refractivity (Wildman–Crippen MR) is 111 cm³/mol. The molecular weight excluding hydrogens is 352 g/mol. The second kappa shape index (κ2) is 8.65. The third-order valence-electron chi connectivity index (χ3n) is 4.88. The minimum absolute atomic E-state index is 0.245. The number of benzene rings is 2. The van der Waals surface area contributed by atoms with Gasteiger partial charge in [-0.3, -0.25) is 0 Å². The Kier molecular flexibility index (Phi) is 6.25. The standard InChI is InChI=1S/C23H30N2O3/c1-23(2,3)28-22(27)25-15-13-18(14-16-25)24-20-12-8-7-11-19(20)21(26)17-9-5-4-6-10-17/h4-12,18,21,24,26H,13-16H2,1-3H3. The van der Waals surface area contributed by atoms with Crippen LogP contribution in [0.1, 0.15) is 50.8 Å². The summed E-state index contributed by atoms with van der Waals surface area (Å²) in [6.07, 6.45) is 0.766. The summed E-state index contributed by atoms with van der Waals surface area (Å²) in [7, 11) is 0. The number of anilines is 1. The second-order valence-electron chi connectivity index (χ2n) is 8.29. The van der Waals surface area contributed by atoms with Crippen molar-refractivity contribution in [3.63, 3.8) is 0 Å². The molecule has 1 saturated heterocycles. The van der Waals surface area contributed by atoms with E-state index >= 15 is 0 Å². The lowest BCUT2D eigenvalue weighted by Gasteiger charge is -2.34. The fourth-order valence-corrected chi connectivity index (χ4v) is 3.43. The molecule has 1 aliphatic rings. The van der Waals surface area contributed by atoms with Crippen molar-refractivity contribution in [2.24, 2.45) is 0 Å². The van der Waals surface area contributed by atoms with Gasteiger partial charge in [0.05, 0.1) is 0 Å². The number of likely N-dealkylation sites (tertiary alicyclic amines) is 1. The molecule has 0 saturated carbocycles. The number of aliphatic hydroxyl groups is 1. The van der Waals surface area contributed by atoms with Gasteiger partial charge in [0, 0.05) is 30.4 Å². The maximum absolute atomic E-state index is 12.2. The van der Waals surface area contributed by atoms with Crippen molar-refractivity contribution in [1.29, 1.82) is 0 Å². The third-order valence-corrected chi connectivity index (χ3v) is 4.88. The maximum Gasteiger partial charge on any atom is 0.410 e. The van der Waals surface area contributed by atoms with Gasteiger partial charge in [-0.05, 0) is 45.2 Å². The molecule has 1 heterocycles. The van der Waals surface area contributed by atoms with Crippen LogP contribution in [0.15, 0.2) is 54.6 Å². The molecule has 1 amide bonds. The predicted octanol–water partition coefficient (Wildman–Crippen LogP) is 4.58. The fourth-order valence-electron chi connectivity index (χ4n) is 3.43. The number of rotatable bonds is 4. The summed E-state index contributed by atoms with van der Waals surface area (Å²) in [5.74, 6) is 0. The molecule has 0 radical (unpaired) electrons. The molecule has 1 unspecified atom stereocenters. The van der Waals surface area contributed by atoms with Gasteiger partial charge in [0.15, 0.2) is 0 Å². The van der Waals surface area contributed by atoms with Crippen molar-refractivity contribution in [2.75, 3.05) is 18.4 Å². The van der Waals surface area contributed by atoms with Gasteiger partial charge in [0.1, 0.15) is 11.7 Å². The van der Waals surface area contributed by atoms with Crippen molar-refractivity contribution in [3.05, 3.63) is 65.7 Å². The Morgan fingerprint density at radius 1 is 1.07 bits per heavy atom. The number of aliphatic hydroxyl groups excluding tert-OH is 1. The second-order valence-corrected chi connectivity index (χ2v) is 8.29. The quantitative estimate of drug-likeness (QED) is 0.812. The van der Waals surface area contributed by atoms with E-state index in [1.165, 1.54) is 0 Å². The number of amides is 1. The first kappa shape index (κ1) is 20.2. The van der Waals surface area contributed by atoms with Gasteiger partial charge < -0.3 is 20.1 Å². The van der Waals surface area contributed by atoms with Crippen LogP contribution >= 0.6 is 0 Å². The van der Waals surface area contributed by atoms with Crippen molar-refractivity contribution < 1.29 is 14.6 Å². The topological polar surface area (TPSA) is 61.8 Å². The van der Waals surface area contributed by atoms with E-state index < -0.39 is 11.7 Å². The monoisotopic (exact) mass is 382 g/mol. The van der Waals surface area contributed by atoms with Gasteiger partial charge in [0.25, 0.3) is 0 Å². The van der Waals surface area contributed by atoms with E-state index in [0.29, 0.717) is 13.1 Å². The Balaban J connectivity index is 1.62. The molecule has 2 aromatic rings. The van der Waals surface area contributed by atoms with Gasteiger partial charge in [-0.2, -0.15) is 0 Å². The van der Waals surface area contributed by atoms with Gasteiger partial charge in [0.2, 0.25) is 0 Å². The first-order valence-electron chi connectivity index (χ1n) is 9.90. The highest BCUT2D eigenvalue weighted by Crippen LogP contribution is 2.29. The maximum atomic E-state index is 12.2. The SMILES string of the molecule is CC(C)(C)OC(=O)N1CCC(Nc2ccccc2C(O)c2ccccc2)CC1. The number of piperidine rings is 1. The summed E-state index contributed by atoms with van der Waals surface area (Å²) < 4.78 is 5.46. The van der Waals surface area contributed by atoms with Crippen LogP contribution in [0.5, 0.6) is 0 Å². The van der Waals surface area contributed by atoms with Crippen LogP contribution in [0, 0.1) is 0 Å². The zero-order chi connectivity index (χ0) is 20.1. The van der Waals surface area contributed by atoms with Crippen LogP contribution in [0.25, 0.3) is 0 Å². The van der Waals surface area contributed by atoms with E-state index in [4.69, 9.17) is 4.74 Å². The van der Waals surface area contributed by atoms with E-state index in [-0.39, 0.29) is 12.1 Å². The van der Waals surface area contributed by atoms with Gasteiger partial charge in [-0.25, -0.2) is 4.79 Å². The van der Waals surface area contributed by atoms with E-state index in [1.54, 1.807) is 4.90 Å². The highest BCUT2D eigenvalue weighted by Gasteiger charge is 2.27. The fraction of sp³-hybridized carbons (Fsp3) is 0.435. The van der Waals surface area contributed by atoms with E-state index in [1.807, 2.05) is 75.4 Å². The first-order chi connectivity index (χ1) is 13.3. The number of ether oxygens (including phenoxy) is 1. The third kappa shape index (κ3) is 5.26. The normalized spacial score (nSPS) is 16.5. The molecule has 3 rings (SSSR count). The Hall–Kier alpha value is -2.53. The summed E-state index contributed by atoms with van der Waals surface area (Å²) in [5.41, 5.74) is 2.20. The molecular formula is C23H30N2O3. The lowest BCUT2D eigenvalue weighted by atomic mass is 9.98. The van der Waals surface area contributed by atoms with E-state index in [0.717, 1.165) is 29.7 Å². The van der Waals surface area contributed by atoms with Gasteiger partial charge in [-0.1, -0.05) is 48.5 Å².